The third-order valence-corrected chi connectivity index (χ3v) is 2.71. The number of halogens is 2. The Morgan fingerprint density at radius 3 is 2.55 bits per heavy atom. The summed E-state index contributed by atoms with van der Waals surface area (Å²) in [6, 6.07) is 5.82. The molecular formula is C14H14F2N2O2. The normalized spacial score (nSPS) is 12.0. The first-order valence-electron chi connectivity index (χ1n) is 6.04. The molecule has 0 saturated carbocycles. The van der Waals surface area contributed by atoms with E-state index in [-0.39, 0.29) is 11.7 Å². The quantitative estimate of drug-likeness (QED) is 0.899. The molecule has 20 heavy (non-hydrogen) atoms. The van der Waals surface area contributed by atoms with E-state index in [0.717, 1.165) is 17.9 Å². The number of anilines is 1. The molecule has 1 heterocycles. The molecular weight excluding hydrogens is 266 g/mol. The minimum Gasteiger partial charge on any atom is -0.464 e. The number of benzene rings is 1. The lowest BCUT2D eigenvalue weighted by Gasteiger charge is -2.12. The van der Waals surface area contributed by atoms with Crippen LogP contribution in [0.1, 0.15) is 24.5 Å². The Morgan fingerprint density at radius 2 is 1.95 bits per heavy atom. The van der Waals surface area contributed by atoms with E-state index in [4.69, 9.17) is 4.42 Å². The molecule has 0 bridgehead atoms. The molecule has 0 fully saturated rings. The van der Waals surface area contributed by atoms with E-state index in [9.17, 15) is 13.6 Å². The van der Waals surface area contributed by atoms with Crippen molar-refractivity contribution in [2.45, 2.75) is 19.9 Å². The second-order valence-corrected chi connectivity index (χ2v) is 4.40. The molecule has 1 aromatic heterocycles. The Balaban J connectivity index is 1.96. The molecule has 0 spiro atoms. The predicted octanol–water partition coefficient (Wildman–Crippen LogP) is 3.75. The van der Waals surface area contributed by atoms with Gasteiger partial charge in [0.2, 0.25) is 0 Å². The summed E-state index contributed by atoms with van der Waals surface area (Å²) in [4.78, 5) is 11.7. The maximum absolute atomic E-state index is 13.0. The van der Waals surface area contributed by atoms with Gasteiger partial charge in [-0.05, 0) is 38.1 Å². The van der Waals surface area contributed by atoms with Crippen molar-refractivity contribution in [1.29, 1.82) is 0 Å². The summed E-state index contributed by atoms with van der Waals surface area (Å²) in [6.07, 6.45) is 0. The van der Waals surface area contributed by atoms with Crippen LogP contribution < -0.4 is 10.6 Å². The first-order chi connectivity index (χ1) is 9.45. The van der Waals surface area contributed by atoms with Crippen molar-refractivity contribution in [2.24, 2.45) is 0 Å². The summed E-state index contributed by atoms with van der Waals surface area (Å²) in [6.45, 7) is 3.56. The van der Waals surface area contributed by atoms with Crippen LogP contribution in [-0.4, -0.2) is 6.03 Å². The Hall–Kier alpha value is -2.37. The van der Waals surface area contributed by atoms with Crippen molar-refractivity contribution in [3.05, 3.63) is 53.5 Å². The number of urea groups is 1. The summed E-state index contributed by atoms with van der Waals surface area (Å²) in [7, 11) is 0. The van der Waals surface area contributed by atoms with Gasteiger partial charge in [0, 0.05) is 11.8 Å². The van der Waals surface area contributed by atoms with Gasteiger partial charge in [0.15, 0.2) is 11.6 Å². The second-order valence-electron chi connectivity index (χ2n) is 4.40. The Labute approximate surface area is 114 Å². The van der Waals surface area contributed by atoms with Gasteiger partial charge in [-0.15, -0.1) is 0 Å². The summed E-state index contributed by atoms with van der Waals surface area (Å²) >= 11 is 0. The van der Waals surface area contributed by atoms with Crippen molar-refractivity contribution in [3.8, 4) is 0 Å². The van der Waals surface area contributed by atoms with Gasteiger partial charge in [0.05, 0.1) is 6.04 Å². The molecule has 0 radical (unpaired) electrons. The highest BCUT2D eigenvalue weighted by Gasteiger charge is 2.13. The molecule has 2 aromatic rings. The zero-order valence-corrected chi connectivity index (χ0v) is 11.0. The maximum Gasteiger partial charge on any atom is 0.319 e. The van der Waals surface area contributed by atoms with Crippen LogP contribution in [0.15, 0.2) is 34.7 Å². The average Bonchev–Trinajstić information content (AvgIpc) is 2.80. The van der Waals surface area contributed by atoms with Crippen molar-refractivity contribution in [1.82, 2.24) is 5.32 Å². The van der Waals surface area contributed by atoms with E-state index in [1.54, 1.807) is 26.0 Å². The molecule has 1 aromatic carbocycles. The van der Waals surface area contributed by atoms with Crippen molar-refractivity contribution < 1.29 is 18.0 Å². The zero-order valence-electron chi connectivity index (χ0n) is 11.0. The predicted molar refractivity (Wildman–Crippen MR) is 70.4 cm³/mol. The molecule has 0 aliphatic rings. The monoisotopic (exact) mass is 280 g/mol. The number of nitrogens with one attached hydrogen (secondary N) is 2. The van der Waals surface area contributed by atoms with E-state index in [1.165, 1.54) is 6.07 Å². The van der Waals surface area contributed by atoms with Crippen LogP contribution in [0.4, 0.5) is 19.3 Å². The lowest BCUT2D eigenvalue weighted by atomic mass is 10.2. The largest absolute Gasteiger partial charge is 0.464 e. The smallest absolute Gasteiger partial charge is 0.319 e. The lowest BCUT2D eigenvalue weighted by Crippen LogP contribution is -2.31. The van der Waals surface area contributed by atoms with Gasteiger partial charge in [0.25, 0.3) is 0 Å². The van der Waals surface area contributed by atoms with Crippen LogP contribution in [0, 0.1) is 18.6 Å². The summed E-state index contributed by atoms with van der Waals surface area (Å²) in [5.41, 5.74) is 0.171. The minimum atomic E-state index is -1.02. The van der Waals surface area contributed by atoms with Crippen molar-refractivity contribution in [3.63, 3.8) is 0 Å². The molecule has 0 aliphatic heterocycles. The molecule has 0 saturated heterocycles. The number of aryl methyl sites for hydroxylation is 1. The molecule has 0 unspecified atom stereocenters. The van der Waals surface area contributed by atoms with E-state index < -0.39 is 17.7 Å². The topological polar surface area (TPSA) is 54.3 Å². The second kappa shape index (κ2) is 5.73. The van der Waals surface area contributed by atoms with Crippen LogP contribution in [0.5, 0.6) is 0 Å². The molecule has 4 nitrogen and oxygen atoms in total. The summed E-state index contributed by atoms with van der Waals surface area (Å²) in [5.74, 6) is -0.620. The number of carbonyl (C=O) groups excluding carboxylic acids is 1. The minimum absolute atomic E-state index is 0.171. The highest BCUT2D eigenvalue weighted by atomic mass is 19.2. The molecule has 2 N–H and O–H groups in total. The highest BCUT2D eigenvalue weighted by molar-refractivity contribution is 5.89. The van der Waals surface area contributed by atoms with Crippen LogP contribution >= 0.6 is 0 Å². The summed E-state index contributed by atoms with van der Waals surface area (Å²) < 4.78 is 31.1. The van der Waals surface area contributed by atoms with Gasteiger partial charge in [-0.25, -0.2) is 13.6 Å². The van der Waals surface area contributed by atoms with Crippen molar-refractivity contribution >= 4 is 11.7 Å². The van der Waals surface area contributed by atoms with E-state index in [1.807, 2.05) is 0 Å². The average molecular weight is 280 g/mol. The molecule has 2 amide bonds. The number of hydrogen-bond donors (Lipinski definition) is 2. The third kappa shape index (κ3) is 3.34. The molecule has 106 valence electrons. The maximum atomic E-state index is 13.0. The highest BCUT2D eigenvalue weighted by Crippen LogP contribution is 2.16. The standard InChI is InChI=1S/C14H14F2N2O2/c1-8-3-6-13(20-8)9(2)17-14(19)18-10-4-5-11(15)12(16)7-10/h3-7,9H,1-2H3,(H2,17,18,19)/t9-/m1/s1. The van der Waals surface area contributed by atoms with Crippen LogP contribution in [-0.2, 0) is 0 Å². The van der Waals surface area contributed by atoms with Gasteiger partial charge in [0.1, 0.15) is 11.5 Å². The van der Waals surface area contributed by atoms with E-state index in [2.05, 4.69) is 10.6 Å². The Bertz CT molecular complexity index is 625. The van der Waals surface area contributed by atoms with Crippen LogP contribution in [0.2, 0.25) is 0 Å². The molecule has 6 heteroatoms. The number of rotatable bonds is 3. The van der Waals surface area contributed by atoms with Crippen molar-refractivity contribution in [2.75, 3.05) is 5.32 Å². The lowest BCUT2D eigenvalue weighted by molar-refractivity contribution is 0.247. The van der Waals surface area contributed by atoms with Gasteiger partial charge in [-0.3, -0.25) is 0 Å². The molecule has 0 aliphatic carbocycles. The van der Waals surface area contributed by atoms with E-state index >= 15 is 0 Å². The first-order valence-corrected chi connectivity index (χ1v) is 6.04. The third-order valence-electron chi connectivity index (χ3n) is 2.71. The Kier molecular flexibility index (Phi) is 4.02. The molecule has 1 atom stereocenters. The zero-order chi connectivity index (χ0) is 14.7. The Morgan fingerprint density at radius 1 is 1.20 bits per heavy atom. The molecule has 2 rings (SSSR count). The fourth-order valence-electron chi connectivity index (χ4n) is 1.69. The number of carbonyl (C=O) groups is 1. The SMILES string of the molecule is Cc1ccc([C@@H](C)NC(=O)Nc2ccc(F)c(F)c2)o1. The van der Waals surface area contributed by atoms with Crippen LogP contribution in [0.25, 0.3) is 0 Å². The number of hydrogen-bond acceptors (Lipinski definition) is 2. The summed E-state index contributed by atoms with van der Waals surface area (Å²) in [5, 5.41) is 5.05. The number of furan rings is 1. The van der Waals surface area contributed by atoms with Gasteiger partial charge < -0.3 is 15.1 Å². The number of amides is 2. The van der Waals surface area contributed by atoms with Gasteiger partial charge in [-0.1, -0.05) is 0 Å². The fraction of sp³-hybridized carbons (Fsp3) is 0.214. The van der Waals surface area contributed by atoms with Gasteiger partial charge >= 0.3 is 6.03 Å². The first kappa shape index (κ1) is 14.0. The fourth-order valence-corrected chi connectivity index (χ4v) is 1.69. The van der Waals surface area contributed by atoms with Gasteiger partial charge in [-0.2, -0.15) is 0 Å². The van der Waals surface area contributed by atoms with E-state index in [0.29, 0.717) is 5.76 Å². The van der Waals surface area contributed by atoms with Crippen LogP contribution in [0.3, 0.4) is 0 Å².